The molecule has 1 fully saturated rings. The van der Waals surface area contributed by atoms with E-state index < -0.39 is 43.3 Å². The van der Waals surface area contributed by atoms with Crippen LogP contribution in [0.4, 0.5) is 0 Å². The first-order chi connectivity index (χ1) is 16.6. The van der Waals surface area contributed by atoms with Gasteiger partial charge >= 0.3 is 5.97 Å². The van der Waals surface area contributed by atoms with E-state index in [1.165, 1.54) is 36.4 Å². The average molecular weight is 492 g/mol. The fourth-order valence-corrected chi connectivity index (χ4v) is 3.27. The zero-order chi connectivity index (χ0) is 25.5. The third kappa shape index (κ3) is 7.37. The molecule has 0 aromatic heterocycles. The number of phenolic OH excluding ortho intramolecular Hbond substituents is 2. The summed E-state index contributed by atoms with van der Waals surface area (Å²) in [5.41, 5.74) is 1.17. The molecule has 12 nitrogen and oxygen atoms in total. The highest BCUT2D eigenvalue weighted by Crippen LogP contribution is 2.26. The third-order valence-electron chi connectivity index (χ3n) is 5.24. The van der Waals surface area contributed by atoms with Crippen molar-refractivity contribution >= 4 is 12.0 Å². The number of hydrogen-bond donors (Lipinski definition) is 6. The first-order valence-electron chi connectivity index (χ1n) is 10.6. The van der Waals surface area contributed by atoms with Gasteiger partial charge in [-0.2, -0.15) is 0 Å². The van der Waals surface area contributed by atoms with Crippen molar-refractivity contribution in [1.29, 1.82) is 0 Å². The van der Waals surface area contributed by atoms with Gasteiger partial charge in [-0.1, -0.05) is 18.2 Å². The molecular formula is C23H26NO11-. The predicted molar refractivity (Wildman–Crippen MR) is 119 cm³/mol. The van der Waals surface area contributed by atoms with Gasteiger partial charge < -0.3 is 50.2 Å². The number of esters is 1. The van der Waals surface area contributed by atoms with E-state index in [0.29, 0.717) is 12.0 Å². The Morgan fingerprint density at radius 3 is 2.40 bits per heavy atom. The summed E-state index contributed by atoms with van der Waals surface area (Å²) in [6.07, 6.45) is -4.70. The van der Waals surface area contributed by atoms with Crippen molar-refractivity contribution in [2.24, 2.45) is 0 Å². The van der Waals surface area contributed by atoms with Crippen molar-refractivity contribution in [2.75, 3.05) is 13.2 Å². The lowest BCUT2D eigenvalue weighted by Gasteiger charge is -2.39. The molecule has 0 bridgehead atoms. The van der Waals surface area contributed by atoms with Crippen LogP contribution in [0.5, 0.6) is 17.2 Å². The van der Waals surface area contributed by atoms with Gasteiger partial charge in [0.1, 0.15) is 36.8 Å². The molecule has 0 spiro atoms. The number of aliphatic hydroxyl groups excluding tert-OH is 3. The second-order valence-electron chi connectivity index (χ2n) is 7.81. The first-order valence-corrected chi connectivity index (χ1v) is 10.6. The number of hydroxylamine groups is 2. The quantitative estimate of drug-likeness (QED) is 0.121. The van der Waals surface area contributed by atoms with Crippen LogP contribution in [0.3, 0.4) is 0 Å². The zero-order valence-electron chi connectivity index (χ0n) is 18.4. The minimum absolute atomic E-state index is 0.109. The Hall–Kier alpha value is -3.23. The normalized spacial score (nSPS) is 24.6. The maximum absolute atomic E-state index is 12.0. The van der Waals surface area contributed by atoms with Gasteiger partial charge in [0.05, 0.1) is 0 Å². The third-order valence-corrected chi connectivity index (χ3v) is 5.24. The molecule has 1 aliphatic rings. The SMILES string of the molecule is O=C(C=Cc1ccc(O)c(O)c1)OCC1OC(Oc2ccc(CCN([O-])O)cc2)C(O)C(O)C1O. The Morgan fingerprint density at radius 1 is 1.03 bits per heavy atom. The Bertz CT molecular complexity index is 1010. The number of phenols is 2. The molecule has 35 heavy (non-hydrogen) atoms. The number of benzene rings is 2. The van der Waals surface area contributed by atoms with Gasteiger partial charge in [0, 0.05) is 12.6 Å². The van der Waals surface area contributed by atoms with Gasteiger partial charge in [-0.15, -0.1) is 0 Å². The van der Waals surface area contributed by atoms with Crippen LogP contribution >= 0.6 is 0 Å². The molecular weight excluding hydrogens is 466 g/mol. The Kier molecular flexibility index (Phi) is 9.01. The van der Waals surface area contributed by atoms with Gasteiger partial charge in [0.2, 0.25) is 6.29 Å². The molecule has 6 N–H and O–H groups in total. The van der Waals surface area contributed by atoms with Gasteiger partial charge in [-0.05, 0) is 47.9 Å². The maximum atomic E-state index is 12.0. The number of ether oxygens (including phenoxy) is 3. The van der Waals surface area contributed by atoms with Crippen LogP contribution in [0.2, 0.25) is 0 Å². The molecule has 0 aliphatic carbocycles. The summed E-state index contributed by atoms with van der Waals surface area (Å²) in [4.78, 5) is 12.0. The number of aromatic hydroxyl groups is 2. The van der Waals surface area contributed by atoms with Crippen molar-refractivity contribution in [1.82, 2.24) is 5.23 Å². The number of rotatable bonds is 9. The van der Waals surface area contributed by atoms with E-state index in [4.69, 9.17) is 19.4 Å². The Morgan fingerprint density at radius 2 is 1.74 bits per heavy atom. The van der Waals surface area contributed by atoms with Crippen molar-refractivity contribution in [3.05, 3.63) is 64.9 Å². The van der Waals surface area contributed by atoms with E-state index in [1.807, 2.05) is 0 Å². The summed E-state index contributed by atoms with van der Waals surface area (Å²) in [7, 11) is 0. The lowest BCUT2D eigenvalue weighted by atomic mass is 9.99. The molecule has 0 amide bonds. The van der Waals surface area contributed by atoms with Gasteiger partial charge in [-0.25, -0.2) is 4.79 Å². The molecule has 2 aromatic carbocycles. The van der Waals surface area contributed by atoms with Crippen molar-refractivity contribution in [2.45, 2.75) is 37.1 Å². The van der Waals surface area contributed by atoms with E-state index in [1.54, 1.807) is 12.1 Å². The van der Waals surface area contributed by atoms with Gasteiger partial charge in [-0.3, -0.25) is 5.23 Å². The summed E-state index contributed by atoms with van der Waals surface area (Å²) in [5, 5.41) is 68.5. The van der Waals surface area contributed by atoms with Crippen LogP contribution in [-0.4, -0.2) is 85.8 Å². The smallest absolute Gasteiger partial charge is 0.330 e. The lowest BCUT2D eigenvalue weighted by Crippen LogP contribution is -2.60. The molecule has 2 aromatic rings. The van der Waals surface area contributed by atoms with Gasteiger partial charge in [0.15, 0.2) is 11.5 Å². The minimum Gasteiger partial charge on any atom is -0.762 e. The highest BCUT2D eigenvalue weighted by molar-refractivity contribution is 5.87. The topological polar surface area (TPSA) is 192 Å². The molecule has 12 heteroatoms. The molecule has 5 unspecified atom stereocenters. The van der Waals surface area contributed by atoms with E-state index >= 15 is 0 Å². The number of aliphatic hydroxyl groups is 3. The fourth-order valence-electron chi connectivity index (χ4n) is 3.27. The second-order valence-corrected chi connectivity index (χ2v) is 7.81. The van der Waals surface area contributed by atoms with E-state index in [0.717, 1.165) is 11.6 Å². The highest BCUT2D eigenvalue weighted by Gasteiger charge is 2.45. The summed E-state index contributed by atoms with van der Waals surface area (Å²) < 4.78 is 16.1. The van der Waals surface area contributed by atoms with Crippen molar-refractivity contribution in [3.8, 4) is 17.2 Å². The number of carbonyl (C=O) groups excluding carboxylic acids is 1. The minimum atomic E-state index is -1.64. The highest BCUT2D eigenvalue weighted by atomic mass is 16.8. The molecule has 0 radical (unpaired) electrons. The van der Waals surface area contributed by atoms with Crippen molar-refractivity contribution < 1.29 is 49.7 Å². The molecule has 3 rings (SSSR count). The molecule has 1 saturated heterocycles. The van der Waals surface area contributed by atoms with Crippen LogP contribution < -0.4 is 4.74 Å². The largest absolute Gasteiger partial charge is 0.762 e. The first kappa shape index (κ1) is 26.4. The van der Waals surface area contributed by atoms with Crippen LogP contribution in [-0.2, 0) is 20.7 Å². The van der Waals surface area contributed by atoms with E-state index in [2.05, 4.69) is 0 Å². The monoisotopic (exact) mass is 492 g/mol. The molecule has 190 valence electrons. The summed E-state index contributed by atoms with van der Waals surface area (Å²) in [5.74, 6) is -1.20. The molecule has 1 heterocycles. The van der Waals surface area contributed by atoms with Crippen LogP contribution in [0.1, 0.15) is 11.1 Å². The second kappa shape index (κ2) is 12.0. The van der Waals surface area contributed by atoms with Crippen LogP contribution in [0, 0.1) is 5.21 Å². The summed E-state index contributed by atoms with van der Waals surface area (Å²) in [6, 6.07) is 10.3. The molecule has 1 aliphatic heterocycles. The van der Waals surface area contributed by atoms with Crippen LogP contribution in [0.25, 0.3) is 6.08 Å². The number of hydrogen-bond acceptors (Lipinski definition) is 12. The van der Waals surface area contributed by atoms with Crippen molar-refractivity contribution in [3.63, 3.8) is 0 Å². The van der Waals surface area contributed by atoms with E-state index in [9.17, 15) is 35.5 Å². The number of nitrogens with zero attached hydrogens (tertiary/aromatic N) is 1. The van der Waals surface area contributed by atoms with Crippen LogP contribution in [0.15, 0.2) is 48.5 Å². The molecule has 0 saturated carbocycles. The lowest BCUT2D eigenvalue weighted by molar-refractivity contribution is -0.278. The Labute approximate surface area is 200 Å². The summed E-state index contributed by atoms with van der Waals surface area (Å²) >= 11 is 0. The number of carbonyl (C=O) groups is 1. The fraction of sp³-hybridized carbons (Fsp3) is 0.348. The average Bonchev–Trinajstić information content (AvgIpc) is 2.83. The predicted octanol–water partition coefficient (Wildman–Crippen LogP) is 0.272. The Balaban J connectivity index is 1.56. The summed E-state index contributed by atoms with van der Waals surface area (Å²) in [6.45, 7) is -0.567. The standard InChI is InChI=1S/C23H26NO11/c25-16-7-3-14(11-17(16)26)4-8-19(27)33-12-18-20(28)21(29)22(30)23(35-18)34-15-5-1-13(2-6-15)9-10-24(31)32/h1-8,11,18,20-23,25-26,28-31H,9-10,12H2/q-1. The zero-order valence-corrected chi connectivity index (χ0v) is 18.4. The molecule has 5 atom stereocenters. The van der Waals surface area contributed by atoms with Gasteiger partial charge in [0.25, 0.3) is 0 Å². The maximum Gasteiger partial charge on any atom is 0.330 e. The van der Waals surface area contributed by atoms with E-state index in [-0.39, 0.29) is 29.0 Å².